The van der Waals surface area contributed by atoms with Gasteiger partial charge in [-0.15, -0.1) is 0 Å². The molecule has 7 heteroatoms. The number of nitrogens with zero attached hydrogens (tertiary/aromatic N) is 1. The number of amides is 1. The third kappa shape index (κ3) is 5.56. The summed E-state index contributed by atoms with van der Waals surface area (Å²) < 4.78 is 36.2. The first-order chi connectivity index (χ1) is 9.19. The zero-order valence-corrected chi connectivity index (χ0v) is 11.4. The number of hydrogen-bond donors (Lipinski definition) is 2. The third-order valence-corrected chi connectivity index (χ3v) is 2.97. The molecule has 1 amide bonds. The highest BCUT2D eigenvalue weighted by molar-refractivity contribution is 5.90. The number of pyridine rings is 1. The third-order valence-electron chi connectivity index (χ3n) is 2.97. The minimum Gasteiger partial charge on any atom is -0.364 e. The number of carbonyl (C=O) groups is 1. The molecule has 2 atom stereocenters. The largest absolute Gasteiger partial charge is 0.401 e. The smallest absolute Gasteiger partial charge is 0.364 e. The van der Waals surface area contributed by atoms with Crippen LogP contribution in [-0.2, 0) is 0 Å². The zero-order valence-electron chi connectivity index (χ0n) is 11.4. The van der Waals surface area contributed by atoms with Crippen molar-refractivity contribution < 1.29 is 18.0 Å². The average molecular weight is 289 g/mol. The van der Waals surface area contributed by atoms with E-state index in [1.165, 1.54) is 12.3 Å². The van der Waals surface area contributed by atoms with E-state index in [0.717, 1.165) is 5.56 Å². The molecule has 0 aliphatic carbocycles. The molecule has 1 aromatic heterocycles. The van der Waals surface area contributed by atoms with Gasteiger partial charge in [0.2, 0.25) is 0 Å². The van der Waals surface area contributed by atoms with E-state index in [-0.39, 0.29) is 17.7 Å². The Morgan fingerprint density at radius 2 is 2.05 bits per heavy atom. The van der Waals surface area contributed by atoms with Crippen molar-refractivity contribution in [3.05, 3.63) is 29.6 Å². The van der Waals surface area contributed by atoms with Crippen LogP contribution in [0.4, 0.5) is 13.2 Å². The van der Waals surface area contributed by atoms with Crippen molar-refractivity contribution in [2.45, 2.75) is 38.4 Å². The van der Waals surface area contributed by atoms with Crippen LogP contribution in [0.25, 0.3) is 0 Å². The lowest BCUT2D eigenvalue weighted by Gasteiger charge is -2.19. The molecule has 0 unspecified atom stereocenters. The topological polar surface area (TPSA) is 68.0 Å². The molecular formula is C13H18F3N3O. The fraction of sp³-hybridized carbons (Fsp3) is 0.538. The van der Waals surface area contributed by atoms with Crippen LogP contribution in [-0.4, -0.2) is 29.7 Å². The van der Waals surface area contributed by atoms with E-state index in [1.807, 2.05) is 6.92 Å². The Labute approximate surface area is 115 Å². The van der Waals surface area contributed by atoms with Crippen LogP contribution in [0.1, 0.15) is 42.2 Å². The van der Waals surface area contributed by atoms with E-state index >= 15 is 0 Å². The molecule has 1 aromatic rings. The molecule has 0 bridgehead atoms. The lowest BCUT2D eigenvalue weighted by Crippen LogP contribution is -2.36. The standard InChI is InChI=1S/C13H18F3N3O/c1-8(5-9(2)19-7-13(14,15)16)10-3-4-11(12(17)20)18-6-10/h3-4,6,8-9,19H,5,7H2,1-2H3,(H2,17,20)/t8-,9+/m0/s1. The molecule has 0 fully saturated rings. The van der Waals surface area contributed by atoms with Crippen molar-refractivity contribution in [3.63, 3.8) is 0 Å². The first-order valence-corrected chi connectivity index (χ1v) is 6.25. The number of carbonyl (C=O) groups excluding carboxylic acids is 1. The fourth-order valence-electron chi connectivity index (χ4n) is 1.88. The van der Waals surface area contributed by atoms with Gasteiger partial charge < -0.3 is 11.1 Å². The van der Waals surface area contributed by atoms with Crippen LogP contribution >= 0.6 is 0 Å². The lowest BCUT2D eigenvalue weighted by atomic mass is 9.95. The molecular weight excluding hydrogens is 271 g/mol. The zero-order chi connectivity index (χ0) is 15.3. The molecule has 0 aromatic carbocycles. The number of primary amides is 1. The molecule has 4 nitrogen and oxygen atoms in total. The van der Waals surface area contributed by atoms with Crippen LogP contribution in [0.2, 0.25) is 0 Å². The SMILES string of the molecule is C[C@H](C[C@H](C)c1ccc(C(N)=O)nc1)NCC(F)(F)F. The second-order valence-electron chi connectivity index (χ2n) is 4.87. The number of hydrogen-bond acceptors (Lipinski definition) is 3. The summed E-state index contributed by atoms with van der Waals surface area (Å²) in [7, 11) is 0. The Morgan fingerprint density at radius 3 is 2.50 bits per heavy atom. The van der Waals surface area contributed by atoms with Crippen molar-refractivity contribution in [2.75, 3.05) is 6.54 Å². The highest BCUT2D eigenvalue weighted by Crippen LogP contribution is 2.21. The van der Waals surface area contributed by atoms with Crippen LogP contribution in [0.3, 0.4) is 0 Å². The summed E-state index contributed by atoms with van der Waals surface area (Å²) in [5.41, 5.74) is 6.11. The summed E-state index contributed by atoms with van der Waals surface area (Å²) in [6.07, 6.45) is -2.14. The summed E-state index contributed by atoms with van der Waals surface area (Å²) in [4.78, 5) is 14.8. The van der Waals surface area contributed by atoms with Crippen LogP contribution in [0.5, 0.6) is 0 Å². The van der Waals surface area contributed by atoms with Gasteiger partial charge in [-0.25, -0.2) is 0 Å². The van der Waals surface area contributed by atoms with Gasteiger partial charge in [0.15, 0.2) is 0 Å². The van der Waals surface area contributed by atoms with Gasteiger partial charge >= 0.3 is 6.18 Å². The quantitative estimate of drug-likeness (QED) is 0.843. The van der Waals surface area contributed by atoms with Gasteiger partial charge in [0, 0.05) is 12.2 Å². The van der Waals surface area contributed by atoms with Gasteiger partial charge in [-0.1, -0.05) is 13.0 Å². The van der Waals surface area contributed by atoms with Crippen molar-refractivity contribution in [2.24, 2.45) is 5.73 Å². The Morgan fingerprint density at radius 1 is 1.40 bits per heavy atom. The molecule has 0 aliphatic rings. The van der Waals surface area contributed by atoms with Crippen molar-refractivity contribution in [1.82, 2.24) is 10.3 Å². The van der Waals surface area contributed by atoms with Crippen LogP contribution < -0.4 is 11.1 Å². The van der Waals surface area contributed by atoms with Crippen molar-refractivity contribution >= 4 is 5.91 Å². The Hall–Kier alpha value is -1.63. The predicted molar refractivity (Wildman–Crippen MR) is 69.3 cm³/mol. The highest BCUT2D eigenvalue weighted by atomic mass is 19.4. The molecule has 0 saturated heterocycles. The minimum atomic E-state index is -4.21. The van der Waals surface area contributed by atoms with E-state index in [9.17, 15) is 18.0 Å². The van der Waals surface area contributed by atoms with Gasteiger partial charge in [0.1, 0.15) is 5.69 Å². The molecule has 0 radical (unpaired) electrons. The van der Waals surface area contributed by atoms with Gasteiger partial charge in [0.05, 0.1) is 6.54 Å². The highest BCUT2D eigenvalue weighted by Gasteiger charge is 2.27. The van der Waals surface area contributed by atoms with Crippen molar-refractivity contribution in [1.29, 1.82) is 0 Å². The first kappa shape index (κ1) is 16.4. The number of nitrogens with two attached hydrogens (primary N) is 1. The molecule has 1 heterocycles. The Balaban J connectivity index is 2.53. The maximum absolute atomic E-state index is 12.1. The number of aromatic nitrogens is 1. The van der Waals surface area contributed by atoms with E-state index in [2.05, 4.69) is 10.3 Å². The number of rotatable bonds is 6. The molecule has 0 aliphatic heterocycles. The van der Waals surface area contributed by atoms with Gasteiger partial charge in [-0.3, -0.25) is 9.78 Å². The first-order valence-electron chi connectivity index (χ1n) is 6.25. The molecule has 1 rings (SSSR count). The van der Waals surface area contributed by atoms with Crippen LogP contribution in [0.15, 0.2) is 18.3 Å². The maximum Gasteiger partial charge on any atom is 0.401 e. The lowest BCUT2D eigenvalue weighted by molar-refractivity contribution is -0.126. The Kier molecular flexibility index (Phi) is 5.50. The molecule has 3 N–H and O–H groups in total. The molecule has 112 valence electrons. The molecule has 0 spiro atoms. The minimum absolute atomic E-state index is 0.0279. The molecule has 0 saturated carbocycles. The van der Waals surface area contributed by atoms with Gasteiger partial charge in [0.25, 0.3) is 5.91 Å². The number of halogens is 3. The second-order valence-corrected chi connectivity index (χ2v) is 4.87. The Bertz CT molecular complexity index is 445. The summed E-state index contributed by atoms with van der Waals surface area (Å²) in [5, 5.41) is 2.43. The van der Waals surface area contributed by atoms with E-state index in [0.29, 0.717) is 6.42 Å². The average Bonchev–Trinajstić information content (AvgIpc) is 2.35. The summed E-state index contributed by atoms with van der Waals surface area (Å²) in [6.45, 7) is 2.60. The maximum atomic E-state index is 12.1. The fourth-order valence-corrected chi connectivity index (χ4v) is 1.88. The van der Waals surface area contributed by atoms with Crippen molar-refractivity contribution in [3.8, 4) is 0 Å². The monoisotopic (exact) mass is 289 g/mol. The van der Waals surface area contributed by atoms with E-state index in [4.69, 9.17) is 5.73 Å². The van der Waals surface area contributed by atoms with Gasteiger partial charge in [-0.2, -0.15) is 13.2 Å². The number of nitrogens with one attached hydrogen (secondary N) is 1. The van der Waals surface area contributed by atoms with E-state index in [1.54, 1.807) is 13.0 Å². The van der Waals surface area contributed by atoms with E-state index < -0.39 is 18.6 Å². The summed E-state index contributed by atoms with van der Waals surface area (Å²) in [6, 6.07) is 2.96. The predicted octanol–water partition coefficient (Wildman–Crippen LogP) is 2.21. The summed E-state index contributed by atoms with van der Waals surface area (Å²) in [5.74, 6) is -0.579. The molecule has 20 heavy (non-hydrogen) atoms. The van der Waals surface area contributed by atoms with Gasteiger partial charge in [-0.05, 0) is 30.9 Å². The summed E-state index contributed by atoms with van der Waals surface area (Å²) >= 11 is 0. The normalized spacial score (nSPS) is 14.8. The van der Waals surface area contributed by atoms with Crippen LogP contribution in [0, 0.1) is 0 Å². The number of alkyl halides is 3. The second kappa shape index (κ2) is 6.69.